The van der Waals surface area contributed by atoms with E-state index in [2.05, 4.69) is 0 Å². The van der Waals surface area contributed by atoms with Gasteiger partial charge in [-0.15, -0.1) is 0 Å². The smallest absolute Gasteiger partial charge is 0 e. The molecule has 0 bridgehead atoms. The molecule has 0 aromatic rings. The molecule has 0 unspecified atom stereocenters. The summed E-state index contributed by atoms with van der Waals surface area (Å²) in [6.07, 6.45) is 0. The SMILES string of the molecule is O.[Cu].[Mo].[V]. The molecule has 1 nitrogen and oxygen atoms in total. The second-order valence-electron chi connectivity index (χ2n) is 0. The Labute approximate surface area is 61.8 Å². The summed E-state index contributed by atoms with van der Waals surface area (Å²) in [4.78, 5) is 0. The van der Waals surface area contributed by atoms with Crippen molar-refractivity contribution in [1.82, 2.24) is 0 Å². The van der Waals surface area contributed by atoms with Crippen LogP contribution in [0, 0.1) is 0 Å². The van der Waals surface area contributed by atoms with E-state index in [0.29, 0.717) is 0 Å². The van der Waals surface area contributed by atoms with Crippen molar-refractivity contribution in [3.05, 3.63) is 0 Å². The Balaban J connectivity index is 0. The van der Waals surface area contributed by atoms with E-state index in [4.69, 9.17) is 0 Å². The predicted molar refractivity (Wildman–Crippen MR) is 3.61 cm³/mol. The molecule has 0 fully saturated rings. The van der Waals surface area contributed by atoms with Crippen molar-refractivity contribution < 1.29 is 62.2 Å². The molecule has 0 rings (SSSR count). The standard InChI is InChI=1S/Cu.Mo.H2O.V/h;;1H2;. The second kappa shape index (κ2) is 21.8. The van der Waals surface area contributed by atoms with Crippen LogP contribution in [0.25, 0.3) is 0 Å². The minimum absolute atomic E-state index is 0. The zero-order valence-corrected chi connectivity index (χ0v) is 6.00. The van der Waals surface area contributed by atoms with Crippen molar-refractivity contribution in [1.29, 1.82) is 0 Å². The molecule has 0 aliphatic heterocycles. The Morgan fingerprint density at radius 3 is 1.00 bits per heavy atom. The fraction of sp³-hybridized carbons (Fsp3) is 0. The quantitative estimate of drug-likeness (QED) is 0.485. The zero-order chi connectivity index (χ0) is 0. The van der Waals surface area contributed by atoms with Crippen LogP contribution in [0.15, 0.2) is 0 Å². The molecule has 0 aliphatic rings. The zero-order valence-electron chi connectivity index (χ0n) is 1.66. The van der Waals surface area contributed by atoms with Gasteiger partial charge < -0.3 is 5.48 Å². The first kappa shape index (κ1) is 42.3. The van der Waals surface area contributed by atoms with Gasteiger partial charge in [0.2, 0.25) is 0 Å². The van der Waals surface area contributed by atoms with Gasteiger partial charge in [0.1, 0.15) is 0 Å². The van der Waals surface area contributed by atoms with Crippen LogP contribution in [-0.4, -0.2) is 5.48 Å². The molecular formula is H2CuMoOV. The minimum atomic E-state index is 0. The molecule has 0 aromatic carbocycles. The van der Waals surface area contributed by atoms with E-state index < -0.39 is 0 Å². The Morgan fingerprint density at radius 1 is 1.00 bits per heavy atom. The van der Waals surface area contributed by atoms with Gasteiger partial charge in [0.05, 0.1) is 0 Å². The van der Waals surface area contributed by atoms with Gasteiger partial charge in [-0.05, 0) is 0 Å². The van der Waals surface area contributed by atoms with Gasteiger partial charge in [0, 0.05) is 56.7 Å². The fourth-order valence-corrected chi connectivity index (χ4v) is 0. The van der Waals surface area contributed by atoms with Crippen molar-refractivity contribution in [2.75, 3.05) is 0 Å². The molecule has 0 aliphatic carbocycles. The molecule has 0 spiro atoms. The molecule has 2 N–H and O–H groups in total. The number of hydrogen-bond donors (Lipinski definition) is 0. The summed E-state index contributed by atoms with van der Waals surface area (Å²) in [6, 6.07) is 0. The van der Waals surface area contributed by atoms with Crippen LogP contribution in [0.3, 0.4) is 0 Å². The first-order chi connectivity index (χ1) is 0. The van der Waals surface area contributed by atoms with Crippen LogP contribution in [0.1, 0.15) is 0 Å². The summed E-state index contributed by atoms with van der Waals surface area (Å²) in [5.41, 5.74) is 0. The topological polar surface area (TPSA) is 31.5 Å². The third-order valence-corrected chi connectivity index (χ3v) is 0. The average Bonchev–Trinajstić information content (AvgIpc) is 0. The maximum atomic E-state index is 0. The fourth-order valence-electron chi connectivity index (χ4n) is 0. The Morgan fingerprint density at radius 2 is 1.00 bits per heavy atom. The van der Waals surface area contributed by atoms with E-state index in [9.17, 15) is 0 Å². The summed E-state index contributed by atoms with van der Waals surface area (Å²) in [5, 5.41) is 0. The van der Waals surface area contributed by atoms with Crippen molar-refractivity contribution in [2.45, 2.75) is 0 Å². The normalized spacial score (nSPS) is 0. The molecule has 0 amide bonds. The summed E-state index contributed by atoms with van der Waals surface area (Å²) < 4.78 is 0. The van der Waals surface area contributed by atoms with E-state index in [1.54, 1.807) is 0 Å². The van der Waals surface area contributed by atoms with Crippen molar-refractivity contribution in [3.63, 3.8) is 0 Å². The van der Waals surface area contributed by atoms with Gasteiger partial charge in [-0.3, -0.25) is 0 Å². The largest absolute Gasteiger partial charge is 0.412 e. The average molecular weight is 228 g/mol. The van der Waals surface area contributed by atoms with Crippen LogP contribution in [-0.2, 0) is 56.7 Å². The van der Waals surface area contributed by atoms with Gasteiger partial charge in [-0.2, -0.15) is 0 Å². The van der Waals surface area contributed by atoms with E-state index >= 15 is 0 Å². The molecule has 0 saturated heterocycles. The molecule has 2 radical (unpaired) electrons. The van der Waals surface area contributed by atoms with E-state index in [1.807, 2.05) is 0 Å². The number of hydrogen-bond acceptors (Lipinski definition) is 0. The Bertz CT molecular complexity index is 8.00. The molecule has 0 aromatic heterocycles. The van der Waals surface area contributed by atoms with E-state index in [1.165, 1.54) is 0 Å². The predicted octanol–water partition coefficient (Wildman–Crippen LogP) is -0.832. The third-order valence-electron chi connectivity index (χ3n) is 0. The molecule has 4 heteroatoms. The Hall–Kier alpha value is 1.75. The van der Waals surface area contributed by atoms with Gasteiger partial charge >= 0.3 is 0 Å². The molecule has 30 valence electrons. The van der Waals surface area contributed by atoms with Crippen LogP contribution >= 0.6 is 0 Å². The van der Waals surface area contributed by atoms with Crippen LogP contribution < -0.4 is 0 Å². The first-order valence-electron chi connectivity index (χ1n) is 0. The summed E-state index contributed by atoms with van der Waals surface area (Å²) in [5.74, 6) is 0. The molecule has 0 atom stereocenters. The molecular weight excluding hydrogens is 226 g/mol. The molecule has 4 heavy (non-hydrogen) atoms. The first-order valence-corrected chi connectivity index (χ1v) is 0. The van der Waals surface area contributed by atoms with Crippen LogP contribution in [0.5, 0.6) is 0 Å². The summed E-state index contributed by atoms with van der Waals surface area (Å²) in [6.45, 7) is 0. The molecule has 0 heterocycles. The summed E-state index contributed by atoms with van der Waals surface area (Å²) in [7, 11) is 0. The number of rotatable bonds is 0. The van der Waals surface area contributed by atoms with Gasteiger partial charge in [-0.1, -0.05) is 0 Å². The van der Waals surface area contributed by atoms with Gasteiger partial charge in [0.25, 0.3) is 0 Å². The van der Waals surface area contributed by atoms with Crippen LogP contribution in [0.4, 0.5) is 0 Å². The van der Waals surface area contributed by atoms with Gasteiger partial charge in [0.15, 0.2) is 0 Å². The molecule has 0 saturated carbocycles. The summed E-state index contributed by atoms with van der Waals surface area (Å²) >= 11 is 0. The van der Waals surface area contributed by atoms with E-state index in [-0.39, 0.29) is 62.2 Å². The van der Waals surface area contributed by atoms with Crippen LogP contribution in [0.2, 0.25) is 0 Å². The Kier molecular flexibility index (Phi) is 231. The maximum Gasteiger partial charge on any atom is 0 e. The third kappa shape index (κ3) is 9.26. The van der Waals surface area contributed by atoms with E-state index in [0.717, 1.165) is 0 Å². The van der Waals surface area contributed by atoms with Gasteiger partial charge in [-0.25, -0.2) is 0 Å². The maximum absolute atomic E-state index is 0. The van der Waals surface area contributed by atoms with Crippen molar-refractivity contribution in [2.24, 2.45) is 0 Å². The van der Waals surface area contributed by atoms with Crippen molar-refractivity contribution >= 4 is 0 Å². The minimum Gasteiger partial charge on any atom is -0.412 e. The monoisotopic (exact) mass is 230 g/mol. The second-order valence-corrected chi connectivity index (χ2v) is 0. The van der Waals surface area contributed by atoms with Crippen molar-refractivity contribution in [3.8, 4) is 0 Å².